The predicted molar refractivity (Wildman–Crippen MR) is 108 cm³/mol. The van der Waals surface area contributed by atoms with E-state index < -0.39 is 35.1 Å². The van der Waals surface area contributed by atoms with Gasteiger partial charge >= 0.3 is 12.1 Å². The molecule has 0 aliphatic rings. The van der Waals surface area contributed by atoms with Crippen LogP contribution in [0.5, 0.6) is 0 Å². The highest BCUT2D eigenvalue weighted by atomic mass is 35.5. The third-order valence-electron chi connectivity index (χ3n) is 4.80. The number of aliphatic hydroxyl groups is 1. The van der Waals surface area contributed by atoms with Crippen molar-refractivity contribution in [2.45, 2.75) is 31.0 Å². The fourth-order valence-corrected chi connectivity index (χ4v) is 3.54. The number of rotatable bonds is 7. The van der Waals surface area contributed by atoms with Gasteiger partial charge in [0.2, 0.25) is 0 Å². The lowest BCUT2D eigenvalue weighted by Crippen LogP contribution is -2.46. The van der Waals surface area contributed by atoms with E-state index in [1.165, 1.54) is 32.2 Å². The molecule has 1 heterocycles. The molecular formula is C20H19Cl2F3N2O4. The van der Waals surface area contributed by atoms with Gasteiger partial charge in [0.15, 0.2) is 5.60 Å². The molecule has 0 spiro atoms. The number of methoxy groups -OCH3 is 1. The van der Waals surface area contributed by atoms with Crippen LogP contribution in [0.4, 0.5) is 13.2 Å². The Labute approximate surface area is 186 Å². The Hall–Kier alpha value is -2.36. The van der Waals surface area contributed by atoms with Crippen molar-refractivity contribution in [2.75, 3.05) is 13.7 Å². The molecule has 0 bridgehead atoms. The second kappa shape index (κ2) is 9.84. The second-order valence-corrected chi connectivity index (χ2v) is 7.47. The number of hydrogen-bond acceptors (Lipinski definition) is 5. The molecule has 1 aromatic carbocycles. The van der Waals surface area contributed by atoms with Crippen molar-refractivity contribution in [3.8, 4) is 0 Å². The first-order chi connectivity index (χ1) is 14.4. The molecule has 0 radical (unpaired) electrons. The minimum Gasteiger partial charge on any atom is -0.469 e. The summed E-state index contributed by atoms with van der Waals surface area (Å²) >= 11 is 11.9. The van der Waals surface area contributed by atoms with Crippen molar-refractivity contribution >= 4 is 35.1 Å². The highest BCUT2D eigenvalue weighted by Crippen LogP contribution is 2.49. The van der Waals surface area contributed by atoms with Gasteiger partial charge in [0.25, 0.3) is 5.91 Å². The van der Waals surface area contributed by atoms with Gasteiger partial charge in [-0.05, 0) is 35.4 Å². The minimum atomic E-state index is -5.07. The smallest absolute Gasteiger partial charge is 0.422 e. The maximum absolute atomic E-state index is 14.0. The maximum Gasteiger partial charge on any atom is 0.422 e. The van der Waals surface area contributed by atoms with E-state index in [2.05, 4.69) is 15.0 Å². The van der Waals surface area contributed by atoms with Crippen LogP contribution in [0.3, 0.4) is 0 Å². The first-order valence-corrected chi connectivity index (χ1v) is 9.73. The molecule has 0 unspecified atom stereocenters. The van der Waals surface area contributed by atoms with E-state index in [9.17, 15) is 27.9 Å². The summed E-state index contributed by atoms with van der Waals surface area (Å²) in [6.45, 7) is 1.18. The molecule has 1 aromatic heterocycles. The molecule has 168 valence electrons. The van der Waals surface area contributed by atoms with Gasteiger partial charge in [0.1, 0.15) is 5.15 Å². The van der Waals surface area contributed by atoms with Crippen molar-refractivity contribution in [3.05, 3.63) is 63.4 Å². The van der Waals surface area contributed by atoms with E-state index in [0.717, 1.165) is 18.3 Å². The number of nitrogens with one attached hydrogen (secondary N) is 1. The molecule has 2 aromatic rings. The molecule has 0 aliphatic heterocycles. The summed E-state index contributed by atoms with van der Waals surface area (Å²) < 4.78 is 46.4. The zero-order valence-corrected chi connectivity index (χ0v) is 18.0. The lowest BCUT2D eigenvalue weighted by Gasteiger charge is -2.37. The van der Waals surface area contributed by atoms with Crippen molar-refractivity contribution in [1.82, 2.24) is 10.3 Å². The largest absolute Gasteiger partial charge is 0.469 e. The van der Waals surface area contributed by atoms with Gasteiger partial charge in [-0.15, -0.1) is 0 Å². The molecule has 0 saturated heterocycles. The number of nitrogens with zero attached hydrogens (tertiary/aromatic N) is 1. The molecule has 0 aliphatic carbocycles. The molecule has 6 nitrogen and oxygen atoms in total. The van der Waals surface area contributed by atoms with Crippen LogP contribution in [-0.4, -0.2) is 41.8 Å². The third-order valence-corrected chi connectivity index (χ3v) is 5.33. The predicted octanol–water partition coefficient (Wildman–Crippen LogP) is 4.23. The van der Waals surface area contributed by atoms with E-state index in [1.54, 1.807) is 0 Å². The molecule has 11 heteroatoms. The van der Waals surface area contributed by atoms with Crippen LogP contribution in [0.2, 0.25) is 10.2 Å². The molecular weight excluding hydrogens is 460 g/mol. The van der Waals surface area contributed by atoms with Crippen LogP contribution >= 0.6 is 23.2 Å². The average Bonchev–Trinajstić information content (AvgIpc) is 2.71. The van der Waals surface area contributed by atoms with Gasteiger partial charge in [-0.1, -0.05) is 36.2 Å². The topological polar surface area (TPSA) is 88.5 Å². The number of benzene rings is 1. The Morgan fingerprint density at radius 2 is 1.90 bits per heavy atom. The van der Waals surface area contributed by atoms with Crippen molar-refractivity contribution in [3.63, 3.8) is 0 Å². The number of carbonyl (C=O) groups excluding carboxylic acids is 2. The quantitative estimate of drug-likeness (QED) is 0.459. The molecule has 2 rings (SSSR count). The summed E-state index contributed by atoms with van der Waals surface area (Å²) in [5.41, 5.74) is -3.75. The second-order valence-electron chi connectivity index (χ2n) is 6.67. The number of alkyl halides is 3. The lowest BCUT2D eigenvalue weighted by molar-refractivity contribution is -0.274. The molecule has 1 amide bonds. The standard InChI is InChI=1S/C20H19Cl2F3N2O4/c1-11(19(30,20(23,24)25)13-5-7-26-16(22)10-13)14-4-3-12(9-15(14)21)18(29)27-8-6-17(28)31-2/h3-5,7,9-11,30H,6,8H2,1-2H3,(H,27,29)/t11-,19-/m1/s1. The van der Waals surface area contributed by atoms with Gasteiger partial charge in [0.05, 0.1) is 13.5 Å². The van der Waals surface area contributed by atoms with Gasteiger partial charge in [0, 0.05) is 29.2 Å². The Bertz CT molecular complexity index is 972. The molecule has 2 N–H and O–H groups in total. The number of carbonyl (C=O) groups is 2. The fourth-order valence-electron chi connectivity index (χ4n) is 3.03. The van der Waals surface area contributed by atoms with E-state index in [0.29, 0.717) is 0 Å². The summed E-state index contributed by atoms with van der Waals surface area (Å²) in [7, 11) is 1.21. The first-order valence-electron chi connectivity index (χ1n) is 8.97. The number of pyridine rings is 1. The van der Waals surface area contributed by atoms with Crippen molar-refractivity contribution < 1.29 is 32.6 Å². The minimum absolute atomic E-state index is 0.0118. The van der Waals surface area contributed by atoms with E-state index in [-0.39, 0.29) is 34.3 Å². The Morgan fingerprint density at radius 3 is 2.45 bits per heavy atom. The van der Waals surface area contributed by atoms with Gasteiger partial charge in [-0.25, -0.2) is 4.98 Å². The molecule has 0 saturated carbocycles. The van der Waals surface area contributed by atoms with Crippen LogP contribution < -0.4 is 5.32 Å². The van der Waals surface area contributed by atoms with Crippen LogP contribution in [0.25, 0.3) is 0 Å². The summed E-state index contributed by atoms with van der Waals surface area (Å²) in [6, 6.07) is 5.66. The van der Waals surface area contributed by atoms with Crippen molar-refractivity contribution in [2.24, 2.45) is 0 Å². The third kappa shape index (κ3) is 5.47. The fraction of sp³-hybridized carbons (Fsp3) is 0.350. The SMILES string of the molecule is COC(=O)CCNC(=O)c1ccc([C@@H](C)[C@@](O)(c2ccnc(Cl)c2)C(F)(F)F)c(Cl)c1. The zero-order chi connectivity index (χ0) is 23.4. The van der Waals surface area contributed by atoms with Crippen molar-refractivity contribution in [1.29, 1.82) is 0 Å². The molecule has 0 fully saturated rings. The summed E-state index contributed by atoms with van der Waals surface area (Å²) in [4.78, 5) is 26.9. The van der Waals surface area contributed by atoms with Crippen LogP contribution in [0, 0.1) is 0 Å². The number of halogens is 5. The van der Waals surface area contributed by atoms with Crippen LogP contribution in [-0.2, 0) is 15.1 Å². The maximum atomic E-state index is 14.0. The van der Waals surface area contributed by atoms with Crippen LogP contribution in [0.15, 0.2) is 36.5 Å². The van der Waals surface area contributed by atoms with Gasteiger partial charge in [-0.2, -0.15) is 13.2 Å². The monoisotopic (exact) mass is 478 g/mol. The number of hydrogen-bond donors (Lipinski definition) is 2. The molecule has 31 heavy (non-hydrogen) atoms. The average molecular weight is 479 g/mol. The number of amides is 1. The first kappa shape index (κ1) is 24.9. The zero-order valence-electron chi connectivity index (χ0n) is 16.5. The highest BCUT2D eigenvalue weighted by molar-refractivity contribution is 6.31. The summed E-state index contributed by atoms with van der Waals surface area (Å²) in [5, 5.41) is 12.9. The van der Waals surface area contributed by atoms with Gasteiger partial charge in [-0.3, -0.25) is 9.59 Å². The normalized spacial score (nSPS) is 14.5. The van der Waals surface area contributed by atoms with Crippen LogP contribution in [0.1, 0.15) is 40.7 Å². The molecule has 2 atom stereocenters. The van der Waals surface area contributed by atoms with E-state index in [1.807, 2.05) is 0 Å². The van der Waals surface area contributed by atoms with E-state index in [4.69, 9.17) is 23.2 Å². The Kier molecular flexibility index (Phi) is 7.91. The number of esters is 1. The highest BCUT2D eigenvalue weighted by Gasteiger charge is 2.59. The van der Waals surface area contributed by atoms with Gasteiger partial charge < -0.3 is 15.2 Å². The number of ether oxygens (including phenoxy) is 1. The Morgan fingerprint density at radius 1 is 1.23 bits per heavy atom. The summed E-state index contributed by atoms with van der Waals surface area (Å²) in [5.74, 6) is -2.63. The van der Waals surface area contributed by atoms with E-state index >= 15 is 0 Å². The summed E-state index contributed by atoms with van der Waals surface area (Å²) in [6.07, 6.45) is -4.05. The number of aromatic nitrogens is 1. The Balaban J connectivity index is 2.34. The lowest BCUT2D eigenvalue weighted by atomic mass is 9.78.